The first-order valence-corrected chi connectivity index (χ1v) is 4.59. The van der Waals surface area contributed by atoms with Crippen LogP contribution in [-0.4, -0.2) is 85.3 Å². The second kappa shape index (κ2) is 70.8. The van der Waals surface area contributed by atoms with Crippen molar-refractivity contribution in [2.75, 3.05) is 0 Å². The molecule has 0 aromatic carbocycles. The van der Waals surface area contributed by atoms with Crippen molar-refractivity contribution in [1.29, 1.82) is 0 Å². The Hall–Kier alpha value is 3.78. The van der Waals surface area contributed by atoms with Crippen LogP contribution in [0, 0.1) is 0 Å². The zero-order valence-corrected chi connectivity index (χ0v) is 23.7. The van der Waals surface area contributed by atoms with E-state index in [-0.39, 0.29) is 190 Å². The molecule has 0 spiro atoms. The van der Waals surface area contributed by atoms with Gasteiger partial charge in [0.2, 0.25) is 0 Å². The molecule has 0 aromatic rings. The predicted molar refractivity (Wildman–Crippen MR) is 73.0 cm³/mol. The van der Waals surface area contributed by atoms with E-state index in [1.807, 2.05) is 0 Å². The molecule has 0 fully saturated rings. The van der Waals surface area contributed by atoms with Gasteiger partial charge in [-0.25, -0.2) is 9.13 Å². The molecule has 0 radical (unpaired) electrons. The fourth-order valence-corrected chi connectivity index (χ4v) is 1.25. The molecule has 0 aliphatic carbocycles. The van der Waals surface area contributed by atoms with Crippen molar-refractivity contribution in [3.05, 3.63) is 0 Å². The van der Waals surface area contributed by atoms with E-state index in [1.165, 1.54) is 0 Å². The van der Waals surface area contributed by atoms with Crippen LogP contribution in [0.2, 0.25) is 0 Å². The quantitative estimate of drug-likeness (QED) is 0.213. The van der Waals surface area contributed by atoms with Crippen LogP contribution in [-0.2, 0) is 13.4 Å². The molecule has 160 valence electrons. The molecule has 0 aliphatic heterocycles. The summed E-state index contributed by atoms with van der Waals surface area (Å²) in [7, 11) is -10.1. The molecular formula is H32Na4O19P2. The molecule has 0 aliphatic rings. The second-order valence-electron chi connectivity index (χ2n) is 1.06. The molecule has 25 heteroatoms. The maximum atomic E-state index is 9.63. The van der Waals surface area contributed by atoms with Crippen LogP contribution in [0.15, 0.2) is 0 Å². The maximum Gasteiger partial charge on any atom is 1.00 e. The van der Waals surface area contributed by atoms with Crippen molar-refractivity contribution in [1.82, 2.24) is 0 Å². The van der Waals surface area contributed by atoms with Crippen molar-refractivity contribution in [2.45, 2.75) is 0 Å². The number of rotatable bonds is 2. The van der Waals surface area contributed by atoms with E-state index in [9.17, 15) is 9.13 Å². The Morgan fingerprint density at radius 1 is 0.440 bits per heavy atom. The van der Waals surface area contributed by atoms with Gasteiger partial charge in [0.25, 0.3) is 0 Å². The normalized spacial score (nSPS) is 4.96. The third-order valence-corrected chi connectivity index (χ3v) is 1.91. The van der Waals surface area contributed by atoms with Crippen molar-refractivity contribution >= 4 is 15.6 Å². The van der Waals surface area contributed by atoms with Crippen LogP contribution in [0.25, 0.3) is 0 Å². The Labute approximate surface area is 235 Å². The summed E-state index contributed by atoms with van der Waals surface area (Å²) in [6, 6.07) is 0. The second-order valence-corrected chi connectivity index (χ2v) is 3.68. The van der Waals surface area contributed by atoms with Gasteiger partial charge in [0.1, 0.15) is 0 Å². The standard InChI is InChI=1S/4Na.H4O7P2.12H2O.4H/c;;;;1-8(2,3)7-9(4,5)6;;;;;;;;;;;;;;;;/h;;;;(H2,1,2,3)(H2,4,5,6);12*1H2;;;;/q4*+1;;;;;;;;;;;;;;4*-1. The van der Waals surface area contributed by atoms with Gasteiger partial charge >= 0.3 is 134 Å². The largest absolute Gasteiger partial charge is 1.00 e. The van der Waals surface area contributed by atoms with Crippen molar-refractivity contribution in [3.63, 3.8) is 0 Å². The van der Waals surface area contributed by atoms with E-state index in [1.54, 1.807) is 0 Å². The van der Waals surface area contributed by atoms with E-state index in [4.69, 9.17) is 19.6 Å². The average Bonchev–Trinajstić information content (AvgIpc) is 1.14. The molecule has 25 heavy (non-hydrogen) atoms. The van der Waals surface area contributed by atoms with Gasteiger partial charge in [-0.2, -0.15) is 4.31 Å². The first-order valence-electron chi connectivity index (χ1n) is 1.53. The minimum absolute atomic E-state index is 0. The van der Waals surface area contributed by atoms with E-state index < -0.39 is 15.6 Å². The van der Waals surface area contributed by atoms with E-state index in [0.717, 1.165) is 0 Å². The van der Waals surface area contributed by atoms with Gasteiger partial charge in [0.15, 0.2) is 0 Å². The minimum atomic E-state index is -5.05. The molecule has 0 atom stereocenters. The zero-order chi connectivity index (χ0) is 7.71. The van der Waals surface area contributed by atoms with Crippen molar-refractivity contribution < 1.29 is 223 Å². The van der Waals surface area contributed by atoms with Crippen LogP contribution >= 0.6 is 15.6 Å². The summed E-state index contributed by atoms with van der Waals surface area (Å²) in [5.74, 6) is 0. The summed E-state index contributed by atoms with van der Waals surface area (Å²) in [5.41, 5.74) is 0. The molecule has 0 rings (SSSR count). The summed E-state index contributed by atoms with van der Waals surface area (Å²) in [6.45, 7) is 0. The number of hydrogen-bond donors (Lipinski definition) is 4. The smallest absolute Gasteiger partial charge is 1.00 e. The van der Waals surface area contributed by atoms with Crippen LogP contribution in [0.5, 0.6) is 0 Å². The Morgan fingerprint density at radius 3 is 0.520 bits per heavy atom. The molecule has 28 N–H and O–H groups in total. The molecule has 0 heterocycles. The summed E-state index contributed by atoms with van der Waals surface area (Å²) < 4.78 is 22.2. The first-order chi connectivity index (χ1) is 3.71. The SMILES string of the molecule is O.O.O.O.O.O.O.O.O.O.O.O.O=P(O)(O)OP(=O)(O)O.[H-].[H-].[H-].[H-].[Na+].[Na+].[Na+].[Na+]. The van der Waals surface area contributed by atoms with Gasteiger partial charge < -0.3 is 91.0 Å². The van der Waals surface area contributed by atoms with Gasteiger partial charge in [-0.3, -0.25) is 0 Å². The summed E-state index contributed by atoms with van der Waals surface area (Å²) in [5, 5.41) is 0. The van der Waals surface area contributed by atoms with Gasteiger partial charge in [-0.05, 0) is 0 Å². The van der Waals surface area contributed by atoms with E-state index >= 15 is 0 Å². The van der Waals surface area contributed by atoms with Gasteiger partial charge in [0.05, 0.1) is 0 Å². The molecule has 0 aromatic heterocycles. The minimum Gasteiger partial charge on any atom is -1.00 e. The monoisotopic (exact) mass is 490 g/mol. The Bertz CT molecular complexity index is 183. The third kappa shape index (κ3) is 193. The van der Waals surface area contributed by atoms with Crippen molar-refractivity contribution in [3.8, 4) is 0 Å². The topological polar surface area (TPSA) is 502 Å². The van der Waals surface area contributed by atoms with E-state index in [2.05, 4.69) is 4.31 Å². The molecule has 19 nitrogen and oxygen atoms in total. The Balaban J connectivity index is -0.00000000168. The number of phosphoric acid groups is 2. The van der Waals surface area contributed by atoms with Gasteiger partial charge in [-0.1, -0.05) is 0 Å². The first kappa shape index (κ1) is 160. The Morgan fingerprint density at radius 2 is 0.520 bits per heavy atom. The predicted octanol–water partition coefficient (Wildman–Crippen LogP) is -22.2. The van der Waals surface area contributed by atoms with Crippen LogP contribution in [0.3, 0.4) is 0 Å². The third-order valence-electron chi connectivity index (χ3n) is 0.213. The summed E-state index contributed by atoms with van der Waals surface area (Å²) in [4.78, 5) is 31.0. The molecule has 0 amide bonds. The average molecular weight is 490 g/mol. The summed E-state index contributed by atoms with van der Waals surface area (Å²) in [6.07, 6.45) is 0. The van der Waals surface area contributed by atoms with Crippen LogP contribution in [0.4, 0.5) is 0 Å². The van der Waals surface area contributed by atoms with Crippen LogP contribution < -0.4 is 118 Å². The molecule has 0 saturated carbocycles. The van der Waals surface area contributed by atoms with Crippen LogP contribution in [0.1, 0.15) is 5.71 Å². The Kier molecular flexibility index (Phi) is 453. The molecular weight excluding hydrogens is 458 g/mol. The summed E-state index contributed by atoms with van der Waals surface area (Å²) >= 11 is 0. The molecule has 0 bridgehead atoms. The molecule has 0 saturated heterocycles. The maximum absolute atomic E-state index is 9.63. The fraction of sp³-hybridized carbons (Fsp3) is 0. The van der Waals surface area contributed by atoms with Gasteiger partial charge in [0, 0.05) is 0 Å². The van der Waals surface area contributed by atoms with Gasteiger partial charge in [-0.15, -0.1) is 0 Å². The zero-order valence-electron chi connectivity index (χ0n) is 17.9. The van der Waals surface area contributed by atoms with E-state index in [0.29, 0.717) is 0 Å². The molecule has 0 unspecified atom stereocenters. The fourth-order valence-electron chi connectivity index (χ4n) is 0.139. The number of hydrogen-bond acceptors (Lipinski definition) is 3. The van der Waals surface area contributed by atoms with Crippen molar-refractivity contribution in [2.24, 2.45) is 0 Å².